The van der Waals surface area contributed by atoms with Crippen LogP contribution in [0.1, 0.15) is 56.6 Å². The predicted octanol–water partition coefficient (Wildman–Crippen LogP) is 2.46. The maximum atomic E-state index is 6.15. The van der Waals surface area contributed by atoms with Gasteiger partial charge in [0.2, 0.25) is 0 Å². The van der Waals surface area contributed by atoms with Crippen molar-refractivity contribution < 1.29 is 0 Å². The fourth-order valence-corrected chi connectivity index (χ4v) is 2.95. The molecule has 90 valence electrons. The molecule has 0 bridgehead atoms. The minimum atomic E-state index is 0.224. The highest BCUT2D eigenvalue weighted by Gasteiger charge is 2.50. The summed E-state index contributed by atoms with van der Waals surface area (Å²) in [5, 5.41) is 4.66. The zero-order chi connectivity index (χ0) is 12.1. The summed E-state index contributed by atoms with van der Waals surface area (Å²) < 4.78 is 2.13. The van der Waals surface area contributed by atoms with Crippen LogP contribution in [0.25, 0.3) is 0 Å². The first-order chi connectivity index (χ1) is 7.40. The first-order valence-electron chi connectivity index (χ1n) is 6.22. The first-order valence-corrected chi connectivity index (χ1v) is 6.22. The molecular formula is C13H23N3. The third-order valence-electron chi connectivity index (χ3n) is 3.97. The number of hydrogen-bond donors (Lipinski definition) is 1. The van der Waals surface area contributed by atoms with Crippen molar-refractivity contribution in [3.05, 3.63) is 17.0 Å². The highest BCUT2D eigenvalue weighted by atomic mass is 15.3. The third kappa shape index (κ3) is 1.49. The van der Waals surface area contributed by atoms with Crippen LogP contribution in [0, 0.1) is 13.8 Å². The number of hydrogen-bond acceptors (Lipinski definition) is 2. The third-order valence-corrected chi connectivity index (χ3v) is 3.97. The second kappa shape index (κ2) is 3.59. The van der Waals surface area contributed by atoms with Crippen molar-refractivity contribution in [2.75, 3.05) is 0 Å². The van der Waals surface area contributed by atoms with Crippen molar-refractivity contribution >= 4 is 0 Å². The number of aryl methyl sites for hydroxylation is 1. The first kappa shape index (κ1) is 11.6. The molecule has 1 aliphatic carbocycles. The van der Waals surface area contributed by atoms with Gasteiger partial charge in [-0.2, -0.15) is 5.10 Å². The molecule has 0 aliphatic heterocycles. The molecule has 2 rings (SSSR count). The highest BCUT2D eigenvalue weighted by molar-refractivity contribution is 5.40. The van der Waals surface area contributed by atoms with Crippen LogP contribution in [0.2, 0.25) is 0 Å². The lowest BCUT2D eigenvalue weighted by Gasteiger charge is -2.21. The molecule has 0 spiro atoms. The normalized spacial score (nSPS) is 20.2. The van der Waals surface area contributed by atoms with Gasteiger partial charge < -0.3 is 5.73 Å². The van der Waals surface area contributed by atoms with Gasteiger partial charge in [0, 0.05) is 28.8 Å². The van der Waals surface area contributed by atoms with Crippen molar-refractivity contribution in [3.63, 3.8) is 0 Å². The molecule has 3 nitrogen and oxygen atoms in total. The van der Waals surface area contributed by atoms with Gasteiger partial charge in [0.1, 0.15) is 0 Å². The van der Waals surface area contributed by atoms with E-state index < -0.39 is 0 Å². The number of aromatic nitrogens is 2. The Morgan fingerprint density at radius 3 is 2.12 bits per heavy atom. The van der Waals surface area contributed by atoms with Crippen LogP contribution in [0.5, 0.6) is 0 Å². The molecule has 1 aromatic heterocycles. The van der Waals surface area contributed by atoms with E-state index in [1.54, 1.807) is 0 Å². The van der Waals surface area contributed by atoms with Gasteiger partial charge in [-0.25, -0.2) is 0 Å². The molecule has 3 heteroatoms. The zero-order valence-electron chi connectivity index (χ0n) is 11.0. The Hall–Kier alpha value is -0.830. The van der Waals surface area contributed by atoms with Crippen LogP contribution in [-0.2, 0) is 5.41 Å². The SMILES string of the molecule is Cc1nn(C(C)C)c(C)c1C1(C(C)N)CC1. The lowest BCUT2D eigenvalue weighted by Crippen LogP contribution is -2.32. The van der Waals surface area contributed by atoms with Crippen molar-refractivity contribution in [3.8, 4) is 0 Å². The summed E-state index contributed by atoms with van der Waals surface area (Å²) >= 11 is 0. The average Bonchev–Trinajstić information content (AvgIpc) is 2.90. The van der Waals surface area contributed by atoms with Crippen molar-refractivity contribution in [2.45, 2.75) is 65.0 Å². The fraction of sp³-hybridized carbons (Fsp3) is 0.769. The predicted molar refractivity (Wildman–Crippen MR) is 66.6 cm³/mol. The van der Waals surface area contributed by atoms with E-state index >= 15 is 0 Å². The molecule has 1 atom stereocenters. The van der Waals surface area contributed by atoms with Gasteiger partial charge >= 0.3 is 0 Å². The lowest BCUT2D eigenvalue weighted by molar-refractivity contribution is 0.509. The van der Waals surface area contributed by atoms with Gasteiger partial charge in [-0.3, -0.25) is 4.68 Å². The molecule has 1 heterocycles. The van der Waals surface area contributed by atoms with E-state index in [0.717, 1.165) is 0 Å². The summed E-state index contributed by atoms with van der Waals surface area (Å²) in [6.07, 6.45) is 2.44. The monoisotopic (exact) mass is 221 g/mol. The Morgan fingerprint density at radius 2 is 1.81 bits per heavy atom. The van der Waals surface area contributed by atoms with Crippen LogP contribution < -0.4 is 5.73 Å². The smallest absolute Gasteiger partial charge is 0.0634 e. The molecule has 0 aromatic carbocycles. The molecule has 0 amide bonds. The molecule has 2 N–H and O–H groups in total. The van der Waals surface area contributed by atoms with Crippen LogP contribution >= 0.6 is 0 Å². The standard InChI is InChI=1S/C13H23N3/c1-8(2)16-10(4)12(9(3)15-16)13(6-7-13)11(5)14/h8,11H,6-7,14H2,1-5H3. The van der Waals surface area contributed by atoms with Crippen LogP contribution in [0.3, 0.4) is 0 Å². The van der Waals surface area contributed by atoms with E-state index in [-0.39, 0.29) is 11.5 Å². The van der Waals surface area contributed by atoms with Gasteiger partial charge in [-0.05, 0) is 47.5 Å². The molecule has 1 fully saturated rings. The minimum Gasteiger partial charge on any atom is -0.327 e. The Bertz CT molecular complexity index is 398. The fourth-order valence-electron chi connectivity index (χ4n) is 2.95. The average molecular weight is 221 g/mol. The second-order valence-electron chi connectivity index (χ2n) is 5.53. The maximum Gasteiger partial charge on any atom is 0.0634 e. The number of nitrogens with two attached hydrogens (primary N) is 1. The summed E-state index contributed by atoms with van der Waals surface area (Å²) in [6.45, 7) is 10.8. The van der Waals surface area contributed by atoms with E-state index in [1.165, 1.54) is 29.8 Å². The zero-order valence-corrected chi connectivity index (χ0v) is 11.0. The van der Waals surface area contributed by atoms with Gasteiger partial charge in [-0.15, -0.1) is 0 Å². The molecule has 16 heavy (non-hydrogen) atoms. The van der Waals surface area contributed by atoms with Gasteiger partial charge in [-0.1, -0.05) is 0 Å². The van der Waals surface area contributed by atoms with Crippen LogP contribution in [0.4, 0.5) is 0 Å². The van der Waals surface area contributed by atoms with Crippen molar-refractivity contribution in [2.24, 2.45) is 5.73 Å². The van der Waals surface area contributed by atoms with E-state index in [2.05, 4.69) is 44.4 Å². The van der Waals surface area contributed by atoms with Gasteiger partial charge in [0.05, 0.1) is 5.69 Å². The van der Waals surface area contributed by atoms with Gasteiger partial charge in [0.15, 0.2) is 0 Å². The van der Waals surface area contributed by atoms with E-state index in [4.69, 9.17) is 5.73 Å². The molecule has 0 radical (unpaired) electrons. The minimum absolute atomic E-state index is 0.224. The molecular weight excluding hydrogens is 198 g/mol. The summed E-state index contributed by atoms with van der Waals surface area (Å²) in [6, 6.07) is 0.658. The molecule has 1 saturated carbocycles. The summed E-state index contributed by atoms with van der Waals surface area (Å²) in [5.41, 5.74) is 10.3. The Kier molecular flexibility index (Phi) is 2.61. The second-order valence-corrected chi connectivity index (χ2v) is 5.53. The molecule has 1 aromatic rings. The van der Waals surface area contributed by atoms with E-state index in [9.17, 15) is 0 Å². The summed E-state index contributed by atoms with van der Waals surface area (Å²) in [7, 11) is 0. The van der Waals surface area contributed by atoms with Gasteiger partial charge in [0.25, 0.3) is 0 Å². The van der Waals surface area contributed by atoms with Crippen molar-refractivity contribution in [1.29, 1.82) is 0 Å². The summed E-state index contributed by atoms with van der Waals surface area (Å²) in [4.78, 5) is 0. The molecule has 1 unspecified atom stereocenters. The maximum absolute atomic E-state index is 6.15. The topological polar surface area (TPSA) is 43.8 Å². The van der Waals surface area contributed by atoms with Crippen LogP contribution in [-0.4, -0.2) is 15.8 Å². The summed E-state index contributed by atoms with van der Waals surface area (Å²) in [5.74, 6) is 0. The quantitative estimate of drug-likeness (QED) is 0.852. The van der Waals surface area contributed by atoms with E-state index in [1.807, 2.05) is 0 Å². The molecule has 0 saturated heterocycles. The molecule has 1 aliphatic rings. The Morgan fingerprint density at radius 1 is 1.25 bits per heavy atom. The Labute approximate surface area is 98.0 Å². The number of rotatable bonds is 3. The van der Waals surface area contributed by atoms with E-state index in [0.29, 0.717) is 6.04 Å². The highest BCUT2D eigenvalue weighted by Crippen LogP contribution is 2.52. The van der Waals surface area contributed by atoms with Crippen molar-refractivity contribution in [1.82, 2.24) is 9.78 Å². The largest absolute Gasteiger partial charge is 0.327 e. The number of nitrogens with zero attached hydrogens (tertiary/aromatic N) is 2. The van der Waals surface area contributed by atoms with Crippen LogP contribution in [0.15, 0.2) is 0 Å². The lowest BCUT2D eigenvalue weighted by atomic mass is 9.88. The Balaban J connectivity index is 2.50.